The molecular formula is C22H24N4O. The fourth-order valence-corrected chi connectivity index (χ4v) is 2.84. The van der Waals surface area contributed by atoms with Gasteiger partial charge in [0.05, 0.1) is 0 Å². The molecule has 3 rings (SSSR count). The first-order valence-electron chi connectivity index (χ1n) is 8.89. The number of aromatic nitrogens is 2. The van der Waals surface area contributed by atoms with Crippen LogP contribution in [0.15, 0.2) is 60.9 Å². The van der Waals surface area contributed by atoms with Crippen LogP contribution in [0.5, 0.6) is 0 Å². The number of benzene rings is 2. The van der Waals surface area contributed by atoms with E-state index < -0.39 is 0 Å². The van der Waals surface area contributed by atoms with Crippen molar-refractivity contribution in [1.82, 2.24) is 9.97 Å². The Morgan fingerprint density at radius 1 is 0.889 bits per heavy atom. The second-order valence-corrected chi connectivity index (χ2v) is 7.47. The summed E-state index contributed by atoms with van der Waals surface area (Å²) in [6, 6.07) is 17.4. The van der Waals surface area contributed by atoms with Crippen LogP contribution >= 0.6 is 0 Å². The average Bonchev–Trinajstić information content (AvgIpc) is 2.62. The van der Waals surface area contributed by atoms with E-state index in [0.29, 0.717) is 17.2 Å². The van der Waals surface area contributed by atoms with Gasteiger partial charge in [-0.1, -0.05) is 51.1 Å². The number of rotatable bonds is 5. The number of nitrogens with one attached hydrogen (secondary N) is 2. The molecule has 1 heterocycles. The molecule has 0 unspecified atom stereocenters. The van der Waals surface area contributed by atoms with Crippen LogP contribution in [0.4, 0.5) is 23.0 Å². The summed E-state index contributed by atoms with van der Waals surface area (Å²) in [5.41, 5.74) is 3.72. The Hall–Kier alpha value is -3.21. The molecule has 5 heteroatoms. The Kier molecular flexibility index (Phi) is 5.21. The lowest BCUT2D eigenvalue weighted by atomic mass is 9.86. The number of Topliss-reactive ketones (excluding diaryl/α,β-unsaturated/α-hetero) is 1. The fourth-order valence-electron chi connectivity index (χ4n) is 2.84. The third kappa shape index (κ3) is 4.70. The Morgan fingerprint density at radius 3 is 2.30 bits per heavy atom. The molecule has 0 aliphatic rings. The summed E-state index contributed by atoms with van der Waals surface area (Å²) in [7, 11) is 0. The highest BCUT2D eigenvalue weighted by Crippen LogP contribution is 2.31. The number of nitrogens with zero attached hydrogens (tertiary/aromatic N) is 2. The molecule has 1 aromatic heterocycles. The molecule has 138 valence electrons. The standard InChI is InChI=1S/C22H24N4O/c1-15(27)16-8-7-9-17(12-16)25-20-13-21(24-14-23-20)26-19-11-6-5-10-18(19)22(2,3)4/h5-14H,1-4H3,(H2,23,24,25,26). The van der Waals surface area contributed by atoms with Crippen molar-refractivity contribution in [3.8, 4) is 0 Å². The highest BCUT2D eigenvalue weighted by atomic mass is 16.1. The van der Waals surface area contributed by atoms with E-state index in [-0.39, 0.29) is 11.2 Å². The monoisotopic (exact) mass is 360 g/mol. The fraction of sp³-hybridized carbons (Fsp3) is 0.227. The highest BCUT2D eigenvalue weighted by Gasteiger charge is 2.17. The van der Waals surface area contributed by atoms with Crippen LogP contribution < -0.4 is 10.6 Å². The summed E-state index contributed by atoms with van der Waals surface area (Å²) < 4.78 is 0. The average molecular weight is 360 g/mol. The summed E-state index contributed by atoms with van der Waals surface area (Å²) in [5.74, 6) is 1.39. The molecule has 0 spiro atoms. The molecule has 27 heavy (non-hydrogen) atoms. The Balaban J connectivity index is 1.83. The van der Waals surface area contributed by atoms with Crippen LogP contribution in [0.1, 0.15) is 43.6 Å². The summed E-state index contributed by atoms with van der Waals surface area (Å²) in [4.78, 5) is 20.2. The number of carbonyl (C=O) groups is 1. The van der Waals surface area contributed by atoms with Crippen molar-refractivity contribution in [3.05, 3.63) is 72.1 Å². The van der Waals surface area contributed by atoms with E-state index in [2.05, 4.69) is 47.4 Å². The van der Waals surface area contributed by atoms with Crippen LogP contribution in [0.3, 0.4) is 0 Å². The minimum absolute atomic E-state index is 0.0187. The number of para-hydroxylation sites is 1. The Labute approximate surface area is 159 Å². The molecule has 2 aromatic carbocycles. The maximum Gasteiger partial charge on any atom is 0.159 e. The zero-order chi connectivity index (χ0) is 19.4. The molecular weight excluding hydrogens is 336 g/mol. The van der Waals surface area contributed by atoms with Gasteiger partial charge in [-0.25, -0.2) is 9.97 Å². The molecule has 0 saturated carbocycles. The predicted molar refractivity (Wildman–Crippen MR) is 110 cm³/mol. The van der Waals surface area contributed by atoms with E-state index in [0.717, 1.165) is 11.4 Å². The first kappa shape index (κ1) is 18.6. The van der Waals surface area contributed by atoms with E-state index in [1.54, 1.807) is 13.0 Å². The van der Waals surface area contributed by atoms with Crippen LogP contribution in [0.25, 0.3) is 0 Å². The Morgan fingerprint density at radius 2 is 1.59 bits per heavy atom. The van der Waals surface area contributed by atoms with Crippen molar-refractivity contribution in [1.29, 1.82) is 0 Å². The topological polar surface area (TPSA) is 66.9 Å². The largest absolute Gasteiger partial charge is 0.340 e. The zero-order valence-corrected chi connectivity index (χ0v) is 16.1. The number of anilines is 4. The number of carbonyl (C=O) groups excluding carboxylic acids is 1. The molecule has 0 bridgehead atoms. The minimum Gasteiger partial charge on any atom is -0.340 e. The van der Waals surface area contributed by atoms with Crippen molar-refractivity contribution < 1.29 is 4.79 Å². The summed E-state index contributed by atoms with van der Waals surface area (Å²) in [6.07, 6.45) is 1.51. The maximum atomic E-state index is 11.6. The van der Waals surface area contributed by atoms with Crippen LogP contribution in [-0.2, 0) is 5.41 Å². The molecule has 0 fully saturated rings. The van der Waals surface area contributed by atoms with Crippen LogP contribution in [-0.4, -0.2) is 15.8 Å². The smallest absolute Gasteiger partial charge is 0.159 e. The van der Waals surface area contributed by atoms with Crippen molar-refractivity contribution in [2.24, 2.45) is 0 Å². The van der Waals surface area contributed by atoms with E-state index in [4.69, 9.17) is 0 Å². The molecule has 0 radical (unpaired) electrons. The van der Waals surface area contributed by atoms with Crippen molar-refractivity contribution in [2.45, 2.75) is 33.1 Å². The number of hydrogen-bond donors (Lipinski definition) is 2. The maximum absolute atomic E-state index is 11.6. The highest BCUT2D eigenvalue weighted by molar-refractivity contribution is 5.95. The molecule has 2 N–H and O–H groups in total. The van der Waals surface area contributed by atoms with Gasteiger partial charge in [0.25, 0.3) is 0 Å². The van der Waals surface area contributed by atoms with Gasteiger partial charge in [0.2, 0.25) is 0 Å². The molecule has 5 nitrogen and oxygen atoms in total. The van der Waals surface area contributed by atoms with Gasteiger partial charge < -0.3 is 10.6 Å². The molecule has 0 amide bonds. The molecule has 0 atom stereocenters. The van der Waals surface area contributed by atoms with Crippen molar-refractivity contribution >= 4 is 28.8 Å². The second-order valence-electron chi connectivity index (χ2n) is 7.47. The Bertz CT molecular complexity index is 960. The molecule has 0 aliphatic carbocycles. The molecule has 0 aliphatic heterocycles. The van der Waals surface area contributed by atoms with Gasteiger partial charge in [0, 0.05) is 23.0 Å². The molecule has 0 saturated heterocycles. The number of ketones is 1. The second kappa shape index (κ2) is 7.58. The lowest BCUT2D eigenvalue weighted by Gasteiger charge is -2.23. The van der Waals surface area contributed by atoms with Gasteiger partial charge in [-0.3, -0.25) is 4.79 Å². The SMILES string of the molecule is CC(=O)c1cccc(Nc2cc(Nc3ccccc3C(C)(C)C)ncn2)c1. The normalized spacial score (nSPS) is 11.1. The van der Waals surface area contributed by atoms with E-state index in [1.165, 1.54) is 11.9 Å². The zero-order valence-electron chi connectivity index (χ0n) is 16.1. The minimum atomic E-state index is 0.0187. The van der Waals surface area contributed by atoms with Crippen molar-refractivity contribution in [2.75, 3.05) is 10.6 Å². The summed E-state index contributed by atoms with van der Waals surface area (Å²) in [6.45, 7) is 8.10. The van der Waals surface area contributed by atoms with Crippen LogP contribution in [0, 0.1) is 0 Å². The van der Waals surface area contributed by atoms with Gasteiger partial charge in [0.1, 0.15) is 18.0 Å². The summed E-state index contributed by atoms with van der Waals surface area (Å²) in [5, 5.41) is 6.62. The summed E-state index contributed by atoms with van der Waals surface area (Å²) >= 11 is 0. The van der Waals surface area contributed by atoms with Gasteiger partial charge in [0.15, 0.2) is 5.78 Å². The van der Waals surface area contributed by atoms with Gasteiger partial charge in [-0.05, 0) is 36.1 Å². The third-order valence-corrected chi connectivity index (χ3v) is 4.21. The van der Waals surface area contributed by atoms with Crippen molar-refractivity contribution in [3.63, 3.8) is 0 Å². The first-order valence-corrected chi connectivity index (χ1v) is 8.89. The first-order chi connectivity index (χ1) is 12.8. The van der Waals surface area contributed by atoms with E-state index in [9.17, 15) is 4.79 Å². The quantitative estimate of drug-likeness (QED) is 0.591. The lowest BCUT2D eigenvalue weighted by molar-refractivity contribution is 0.101. The number of hydrogen-bond acceptors (Lipinski definition) is 5. The van der Waals surface area contributed by atoms with Gasteiger partial charge in [-0.2, -0.15) is 0 Å². The van der Waals surface area contributed by atoms with Gasteiger partial charge >= 0.3 is 0 Å². The predicted octanol–water partition coefficient (Wildman–Crippen LogP) is 5.46. The van der Waals surface area contributed by atoms with E-state index >= 15 is 0 Å². The van der Waals surface area contributed by atoms with Crippen LogP contribution in [0.2, 0.25) is 0 Å². The van der Waals surface area contributed by atoms with E-state index in [1.807, 2.05) is 42.5 Å². The third-order valence-electron chi connectivity index (χ3n) is 4.21. The van der Waals surface area contributed by atoms with Gasteiger partial charge in [-0.15, -0.1) is 0 Å². The lowest BCUT2D eigenvalue weighted by Crippen LogP contribution is -2.13. The molecule has 3 aromatic rings.